The smallest absolute Gasteiger partial charge is 0.341 e. The molecule has 2 heterocycles. The molecule has 0 aliphatic heterocycles. The van der Waals surface area contributed by atoms with Crippen LogP contribution < -0.4 is 4.90 Å². The van der Waals surface area contributed by atoms with Gasteiger partial charge in [-0.2, -0.15) is 21.0 Å². The van der Waals surface area contributed by atoms with Crippen molar-refractivity contribution in [2.45, 2.75) is 11.8 Å². The Balaban J connectivity index is 2.21. The molecule has 0 spiro atoms. The Morgan fingerprint density at radius 1 is 1.00 bits per heavy atom. The van der Waals surface area contributed by atoms with Gasteiger partial charge in [0.2, 0.25) is 0 Å². The summed E-state index contributed by atoms with van der Waals surface area (Å²) in [6.45, 7) is 1.94. The number of thioether (sulfide) groups is 1. The Hall–Kier alpha value is -5.22. The number of rotatable bonds is 5. The maximum atomic E-state index is 13.2. The third-order valence-corrected chi connectivity index (χ3v) is 7.17. The Labute approximate surface area is 230 Å². The van der Waals surface area contributed by atoms with Crippen LogP contribution in [-0.2, 0) is 4.74 Å². The molecule has 0 atom stereocenters. The van der Waals surface area contributed by atoms with Crippen molar-refractivity contribution < 1.29 is 9.53 Å². The topological polar surface area (TPSA) is 129 Å². The number of allylic oxidation sites excluding steroid dienone is 5. The average Bonchev–Trinajstić information content (AvgIpc) is 3.43. The van der Waals surface area contributed by atoms with E-state index in [9.17, 15) is 25.8 Å². The molecule has 1 aliphatic rings. The van der Waals surface area contributed by atoms with Crippen molar-refractivity contribution >= 4 is 46.2 Å². The number of ether oxygens (including phenoxy) is 1. The van der Waals surface area contributed by atoms with Crippen LogP contribution in [0.4, 0.5) is 5.69 Å². The fourth-order valence-corrected chi connectivity index (χ4v) is 5.45. The third kappa shape index (κ3) is 4.42. The molecular weight excluding hydrogens is 508 g/mol. The van der Waals surface area contributed by atoms with Crippen LogP contribution in [0.5, 0.6) is 0 Å². The van der Waals surface area contributed by atoms with Crippen LogP contribution in [0.15, 0.2) is 64.2 Å². The number of carbonyl (C=O) groups excluding carboxylic acids is 1. The number of aromatic nitrogens is 1. The summed E-state index contributed by atoms with van der Waals surface area (Å²) in [4.78, 5) is 15.8. The van der Waals surface area contributed by atoms with Gasteiger partial charge in [0.05, 0.1) is 23.4 Å². The summed E-state index contributed by atoms with van der Waals surface area (Å²) in [7, 11) is 3.80. The average molecular weight is 531 g/mol. The maximum Gasteiger partial charge on any atom is 0.341 e. The Morgan fingerprint density at radius 2 is 1.56 bits per heavy atom. The van der Waals surface area contributed by atoms with E-state index in [1.165, 1.54) is 11.8 Å². The van der Waals surface area contributed by atoms with Crippen LogP contribution in [0.25, 0.3) is 22.7 Å². The highest BCUT2D eigenvalue weighted by Crippen LogP contribution is 2.49. The van der Waals surface area contributed by atoms with E-state index in [4.69, 9.17) is 4.74 Å². The summed E-state index contributed by atoms with van der Waals surface area (Å²) in [5.74, 6) is -0.481. The molecule has 3 aromatic rings. The van der Waals surface area contributed by atoms with E-state index in [-0.39, 0.29) is 17.8 Å². The first-order valence-corrected chi connectivity index (χ1v) is 13.1. The largest absolute Gasteiger partial charge is 0.462 e. The van der Waals surface area contributed by atoms with Gasteiger partial charge in [-0.1, -0.05) is 24.3 Å². The maximum absolute atomic E-state index is 13.2. The van der Waals surface area contributed by atoms with Gasteiger partial charge in [-0.25, -0.2) is 4.79 Å². The number of pyridine rings is 1. The summed E-state index contributed by atoms with van der Waals surface area (Å²) in [6.07, 6.45) is 5.42. The van der Waals surface area contributed by atoms with Crippen molar-refractivity contribution in [1.82, 2.24) is 4.40 Å². The molecule has 0 fully saturated rings. The molecule has 0 saturated heterocycles. The highest BCUT2D eigenvalue weighted by atomic mass is 32.2. The standard InChI is InChI=1S/C30H22N6O2S/c1-5-38-30(37)28-24-12-20(35(2)3)10-11-36(24)25(29(28)39-4)13-23-26(18(14-31)15-32)21-8-6-7-9-22(21)27(23)19(16-33)17-34/h6-13H,5H2,1-4H3. The van der Waals surface area contributed by atoms with Crippen LogP contribution in [0.2, 0.25) is 0 Å². The molecule has 1 aliphatic carbocycles. The van der Waals surface area contributed by atoms with Gasteiger partial charge in [0.15, 0.2) is 0 Å². The summed E-state index contributed by atoms with van der Waals surface area (Å²) in [6, 6.07) is 18.7. The fraction of sp³-hybridized carbons (Fsp3) is 0.167. The van der Waals surface area contributed by atoms with Crippen molar-refractivity contribution in [3.8, 4) is 24.3 Å². The minimum Gasteiger partial charge on any atom is -0.462 e. The summed E-state index contributed by atoms with van der Waals surface area (Å²) >= 11 is 1.35. The molecule has 0 amide bonds. The number of hydrogen-bond donors (Lipinski definition) is 0. The highest BCUT2D eigenvalue weighted by Gasteiger charge is 2.33. The molecule has 0 N–H and O–H groups in total. The summed E-state index contributed by atoms with van der Waals surface area (Å²) in [5, 5.41) is 39.4. The van der Waals surface area contributed by atoms with Gasteiger partial charge in [-0.05, 0) is 48.1 Å². The zero-order valence-corrected chi connectivity index (χ0v) is 22.6. The van der Waals surface area contributed by atoms with Crippen molar-refractivity contribution in [2.75, 3.05) is 31.9 Å². The van der Waals surface area contributed by atoms with E-state index < -0.39 is 5.97 Å². The highest BCUT2D eigenvalue weighted by molar-refractivity contribution is 7.98. The molecule has 9 heteroatoms. The van der Waals surface area contributed by atoms with Crippen molar-refractivity contribution in [2.24, 2.45) is 0 Å². The second kappa shape index (κ2) is 11.0. The third-order valence-electron chi connectivity index (χ3n) is 6.35. The van der Waals surface area contributed by atoms with E-state index in [0.717, 1.165) is 5.69 Å². The van der Waals surface area contributed by atoms with Gasteiger partial charge in [-0.15, -0.1) is 11.8 Å². The fourth-order valence-electron chi connectivity index (χ4n) is 4.69. The minimum absolute atomic E-state index is 0.147. The monoisotopic (exact) mass is 530 g/mol. The number of nitriles is 4. The van der Waals surface area contributed by atoms with Crippen molar-refractivity contribution in [1.29, 1.82) is 21.0 Å². The summed E-state index contributed by atoms with van der Waals surface area (Å²) in [5.41, 5.74) is 4.37. The second-order valence-electron chi connectivity index (χ2n) is 8.60. The molecule has 4 rings (SSSR count). The lowest BCUT2D eigenvalue weighted by atomic mass is 9.95. The van der Waals surface area contributed by atoms with Gasteiger partial charge in [0.25, 0.3) is 0 Å². The molecule has 8 nitrogen and oxygen atoms in total. The van der Waals surface area contributed by atoms with Crippen LogP contribution in [-0.4, -0.2) is 37.3 Å². The molecule has 0 unspecified atom stereocenters. The molecule has 2 aromatic heterocycles. The lowest BCUT2D eigenvalue weighted by molar-refractivity contribution is 0.0525. The zero-order valence-electron chi connectivity index (χ0n) is 21.7. The number of hydrogen-bond acceptors (Lipinski definition) is 8. The Bertz CT molecular complexity index is 1690. The minimum atomic E-state index is -0.481. The van der Waals surface area contributed by atoms with E-state index >= 15 is 0 Å². The molecule has 0 radical (unpaired) electrons. The van der Waals surface area contributed by atoms with Crippen molar-refractivity contribution in [3.05, 3.63) is 81.7 Å². The normalized spacial score (nSPS) is 11.6. The van der Waals surface area contributed by atoms with Crippen LogP contribution in [0.1, 0.15) is 34.1 Å². The lowest BCUT2D eigenvalue weighted by Crippen LogP contribution is -2.09. The molecule has 39 heavy (non-hydrogen) atoms. The quantitative estimate of drug-likeness (QED) is 0.237. The van der Waals surface area contributed by atoms with Crippen LogP contribution in [0, 0.1) is 45.3 Å². The Kier molecular flexibility index (Phi) is 7.59. The van der Waals surface area contributed by atoms with Gasteiger partial charge in [-0.3, -0.25) is 0 Å². The Morgan fingerprint density at radius 3 is 2.03 bits per heavy atom. The number of fused-ring (bicyclic) bond motifs is 2. The summed E-state index contributed by atoms with van der Waals surface area (Å²) < 4.78 is 7.25. The number of nitrogens with zero attached hydrogens (tertiary/aromatic N) is 6. The predicted octanol–water partition coefficient (Wildman–Crippen LogP) is 5.60. The van der Waals surface area contributed by atoms with Gasteiger partial charge < -0.3 is 14.0 Å². The molecule has 0 saturated carbocycles. The first-order chi connectivity index (χ1) is 18.9. The van der Waals surface area contributed by atoms with E-state index in [0.29, 0.717) is 49.5 Å². The number of benzene rings is 1. The molecule has 1 aromatic carbocycles. The van der Waals surface area contributed by atoms with Gasteiger partial charge in [0.1, 0.15) is 35.4 Å². The molecular formula is C30H22N6O2S. The SMILES string of the molecule is CCOC(=O)c1c(SC)c(C=C2C(=C(C#N)C#N)c3ccccc3C2=C(C#N)C#N)n2ccc(N(C)C)cc12. The first kappa shape index (κ1) is 26.8. The van der Waals surface area contributed by atoms with E-state index in [2.05, 4.69) is 0 Å². The number of anilines is 1. The van der Waals surface area contributed by atoms with Gasteiger partial charge in [0, 0.05) is 42.0 Å². The van der Waals surface area contributed by atoms with Gasteiger partial charge >= 0.3 is 5.97 Å². The zero-order chi connectivity index (χ0) is 28.3. The molecule has 190 valence electrons. The van der Waals surface area contributed by atoms with E-state index in [1.807, 2.05) is 72.3 Å². The first-order valence-electron chi connectivity index (χ1n) is 11.8. The van der Waals surface area contributed by atoms with Crippen LogP contribution in [0.3, 0.4) is 0 Å². The second-order valence-corrected chi connectivity index (χ2v) is 9.42. The predicted molar refractivity (Wildman–Crippen MR) is 150 cm³/mol. The van der Waals surface area contributed by atoms with Crippen LogP contribution >= 0.6 is 11.8 Å². The van der Waals surface area contributed by atoms with E-state index in [1.54, 1.807) is 37.3 Å². The van der Waals surface area contributed by atoms with Crippen molar-refractivity contribution in [3.63, 3.8) is 0 Å². The molecule has 0 bridgehead atoms. The lowest BCUT2D eigenvalue weighted by Gasteiger charge is -2.13. The number of carbonyl (C=O) groups is 1. The number of esters is 1.